The van der Waals surface area contributed by atoms with Gasteiger partial charge in [0.1, 0.15) is 0 Å². The van der Waals surface area contributed by atoms with E-state index in [4.69, 9.17) is 12.3 Å². The summed E-state index contributed by atoms with van der Waals surface area (Å²) < 4.78 is 0. The molecule has 1 rings (SSSR count). The Morgan fingerprint density at radius 3 is 2.15 bits per heavy atom. The van der Waals surface area contributed by atoms with Gasteiger partial charge in [-0.1, -0.05) is 0 Å². The second-order valence-corrected chi connectivity index (χ2v) is 6.90. The van der Waals surface area contributed by atoms with E-state index in [2.05, 4.69) is 15.5 Å². The Bertz CT molecular complexity index is 343. The first kappa shape index (κ1) is 17.3. The van der Waals surface area contributed by atoms with Gasteiger partial charge in [0.25, 0.3) is 5.66 Å². The van der Waals surface area contributed by atoms with Gasteiger partial charge in [0.2, 0.25) is 0 Å². The van der Waals surface area contributed by atoms with Crippen LogP contribution in [-0.2, 0) is 0 Å². The van der Waals surface area contributed by atoms with Crippen LogP contribution in [0.3, 0.4) is 0 Å². The van der Waals surface area contributed by atoms with Gasteiger partial charge < -0.3 is 16.3 Å². The van der Waals surface area contributed by atoms with Gasteiger partial charge in [-0.25, -0.2) is 11.9 Å². The largest absolute Gasteiger partial charge is 0.329 e. The highest BCUT2D eigenvalue weighted by molar-refractivity contribution is 5.11. The highest BCUT2D eigenvalue weighted by Crippen LogP contribution is 2.42. The molecule has 1 heterocycles. The monoisotopic (exact) mass is 283 g/mol. The van der Waals surface area contributed by atoms with Crippen molar-refractivity contribution in [2.75, 3.05) is 26.2 Å². The fourth-order valence-corrected chi connectivity index (χ4v) is 3.32. The number of nitrogens with two attached hydrogens (primary N) is 1. The number of hydrogen-bond donors (Lipinski definition) is 4. The average molecular weight is 283 g/mol. The molecule has 0 aromatic rings. The van der Waals surface area contributed by atoms with E-state index < -0.39 is 16.7 Å². The van der Waals surface area contributed by atoms with E-state index in [-0.39, 0.29) is 0 Å². The fraction of sp³-hybridized carbons (Fsp3) is 0.929. The number of hydroxylamine groups is 2. The zero-order valence-corrected chi connectivity index (χ0v) is 13.2. The molecule has 0 aromatic heterocycles. The standard InChI is InChI=1S/C14H29N5O/c1-12(2)10-14(16-5,11-13(3,4)19(12)20)18-9-8-17-7-6-15/h17-18,20H,6-11,15H2,1-4H3. The molecule has 1 aliphatic rings. The Hall–Kier alpha value is -0.710. The zero-order valence-electron chi connectivity index (χ0n) is 13.2. The maximum Gasteiger partial charge on any atom is 0.289 e. The molecule has 6 heteroatoms. The summed E-state index contributed by atoms with van der Waals surface area (Å²) in [6, 6.07) is 0. The maximum absolute atomic E-state index is 10.3. The van der Waals surface area contributed by atoms with Gasteiger partial charge in [0.05, 0.1) is 23.9 Å². The molecule has 6 nitrogen and oxygen atoms in total. The predicted octanol–water partition coefficient (Wildman–Crippen LogP) is 0.782. The van der Waals surface area contributed by atoms with Crippen molar-refractivity contribution >= 4 is 0 Å². The number of piperidine rings is 1. The van der Waals surface area contributed by atoms with Crippen LogP contribution in [0, 0.1) is 6.57 Å². The molecule has 116 valence electrons. The molecule has 0 aliphatic carbocycles. The minimum atomic E-state index is -0.614. The molecule has 0 spiro atoms. The van der Waals surface area contributed by atoms with Crippen molar-refractivity contribution in [3.05, 3.63) is 11.4 Å². The lowest BCUT2D eigenvalue weighted by molar-refractivity contribution is -0.252. The van der Waals surface area contributed by atoms with Crippen molar-refractivity contribution in [2.45, 2.75) is 57.3 Å². The molecular weight excluding hydrogens is 254 g/mol. The van der Waals surface area contributed by atoms with Crippen LogP contribution in [0.1, 0.15) is 40.5 Å². The Balaban J connectivity index is 2.71. The molecule has 1 saturated heterocycles. The highest BCUT2D eigenvalue weighted by atomic mass is 16.5. The molecule has 0 unspecified atom stereocenters. The van der Waals surface area contributed by atoms with E-state index >= 15 is 0 Å². The van der Waals surface area contributed by atoms with Gasteiger partial charge in [0, 0.05) is 26.2 Å². The van der Waals surface area contributed by atoms with Gasteiger partial charge in [0.15, 0.2) is 0 Å². The normalized spacial score (nSPS) is 24.2. The Labute approximate surface area is 122 Å². The lowest BCUT2D eigenvalue weighted by atomic mass is 9.75. The quantitative estimate of drug-likeness (QED) is 0.428. The Morgan fingerprint density at radius 2 is 1.70 bits per heavy atom. The van der Waals surface area contributed by atoms with Crippen molar-refractivity contribution in [1.29, 1.82) is 0 Å². The first-order chi connectivity index (χ1) is 9.19. The first-order valence-corrected chi connectivity index (χ1v) is 7.23. The van der Waals surface area contributed by atoms with Crippen molar-refractivity contribution in [1.82, 2.24) is 15.7 Å². The van der Waals surface area contributed by atoms with Crippen LogP contribution in [0.15, 0.2) is 0 Å². The number of hydrogen-bond acceptors (Lipinski definition) is 5. The third kappa shape index (κ3) is 3.90. The Kier molecular flexibility index (Phi) is 5.53. The molecular formula is C14H29N5O. The van der Waals surface area contributed by atoms with E-state index in [1.54, 1.807) is 0 Å². The van der Waals surface area contributed by atoms with E-state index in [1.807, 2.05) is 27.7 Å². The van der Waals surface area contributed by atoms with E-state index in [1.165, 1.54) is 5.06 Å². The van der Waals surface area contributed by atoms with Crippen LogP contribution in [0.5, 0.6) is 0 Å². The summed E-state index contributed by atoms with van der Waals surface area (Å²) in [5.41, 5.74) is 3.96. The molecule has 0 amide bonds. The topological polar surface area (TPSA) is 77.9 Å². The summed E-state index contributed by atoms with van der Waals surface area (Å²) in [5.74, 6) is 0. The molecule has 0 aromatic carbocycles. The van der Waals surface area contributed by atoms with E-state index in [0.29, 0.717) is 19.4 Å². The van der Waals surface area contributed by atoms with Crippen LogP contribution >= 0.6 is 0 Å². The van der Waals surface area contributed by atoms with Crippen LogP contribution in [0.2, 0.25) is 0 Å². The van der Waals surface area contributed by atoms with Gasteiger partial charge in [-0.3, -0.25) is 4.85 Å². The maximum atomic E-state index is 10.3. The summed E-state index contributed by atoms with van der Waals surface area (Å²) in [6.07, 6.45) is 1.20. The third-order valence-electron chi connectivity index (χ3n) is 3.89. The lowest BCUT2D eigenvalue weighted by Crippen LogP contribution is -2.67. The van der Waals surface area contributed by atoms with Gasteiger partial charge in [-0.2, -0.15) is 5.06 Å². The van der Waals surface area contributed by atoms with Crippen LogP contribution in [-0.4, -0.2) is 53.2 Å². The fourth-order valence-electron chi connectivity index (χ4n) is 3.32. The molecule has 0 atom stereocenters. The van der Waals surface area contributed by atoms with E-state index in [9.17, 15) is 5.21 Å². The summed E-state index contributed by atoms with van der Waals surface area (Å²) in [5, 5.41) is 18.3. The van der Waals surface area contributed by atoms with Crippen LogP contribution < -0.4 is 16.4 Å². The average Bonchev–Trinajstić information content (AvgIpc) is 2.35. The summed E-state index contributed by atoms with van der Waals surface area (Å²) in [7, 11) is 0. The van der Waals surface area contributed by atoms with Gasteiger partial charge in [-0.15, -0.1) is 0 Å². The Morgan fingerprint density at radius 1 is 1.15 bits per heavy atom. The molecule has 20 heavy (non-hydrogen) atoms. The third-order valence-corrected chi connectivity index (χ3v) is 3.89. The summed E-state index contributed by atoms with van der Waals surface area (Å²) >= 11 is 0. The summed E-state index contributed by atoms with van der Waals surface area (Å²) in [6.45, 7) is 18.4. The van der Waals surface area contributed by atoms with Crippen molar-refractivity contribution < 1.29 is 5.21 Å². The summed E-state index contributed by atoms with van der Waals surface area (Å²) in [4.78, 5) is 3.87. The molecule has 0 radical (unpaired) electrons. The van der Waals surface area contributed by atoms with Crippen molar-refractivity contribution in [3.63, 3.8) is 0 Å². The molecule has 1 fully saturated rings. The van der Waals surface area contributed by atoms with Crippen LogP contribution in [0.25, 0.3) is 4.85 Å². The minimum absolute atomic E-state index is 0.427. The molecule has 0 bridgehead atoms. The van der Waals surface area contributed by atoms with Crippen molar-refractivity contribution in [3.8, 4) is 0 Å². The lowest BCUT2D eigenvalue weighted by Gasteiger charge is -2.51. The second-order valence-electron chi connectivity index (χ2n) is 6.90. The molecule has 0 saturated carbocycles. The second kappa shape index (κ2) is 6.37. The van der Waals surface area contributed by atoms with Crippen molar-refractivity contribution in [2.24, 2.45) is 5.73 Å². The molecule has 5 N–H and O–H groups in total. The minimum Gasteiger partial charge on any atom is -0.329 e. The van der Waals surface area contributed by atoms with E-state index in [0.717, 1.165) is 19.6 Å². The first-order valence-electron chi connectivity index (χ1n) is 7.23. The predicted molar refractivity (Wildman–Crippen MR) is 80.3 cm³/mol. The van der Waals surface area contributed by atoms with Crippen LogP contribution in [0.4, 0.5) is 0 Å². The SMILES string of the molecule is [C-]#[N+]C1(NCCNCCN)CC(C)(C)N(O)C(C)(C)C1. The number of nitrogens with one attached hydrogen (secondary N) is 2. The van der Waals surface area contributed by atoms with Gasteiger partial charge >= 0.3 is 0 Å². The zero-order chi connectivity index (χ0) is 15.4. The number of nitrogens with zero attached hydrogens (tertiary/aromatic N) is 2. The number of rotatable bonds is 6. The molecule has 1 aliphatic heterocycles. The highest BCUT2D eigenvalue weighted by Gasteiger charge is 2.56. The smallest absolute Gasteiger partial charge is 0.289 e. The van der Waals surface area contributed by atoms with Gasteiger partial charge in [-0.05, 0) is 27.7 Å².